The van der Waals surface area contributed by atoms with Gasteiger partial charge in [-0.3, -0.25) is 14.7 Å². The number of nitrogens with one attached hydrogen (secondary N) is 2. The van der Waals surface area contributed by atoms with Crippen molar-refractivity contribution in [2.24, 2.45) is 16.3 Å². The highest BCUT2D eigenvalue weighted by Gasteiger charge is 2.53. The average molecular weight is 333 g/mol. The number of carbonyl (C=O) groups is 1. The van der Waals surface area contributed by atoms with Crippen LogP contribution in [-0.2, 0) is 4.79 Å². The topological polar surface area (TPSA) is 60.0 Å². The van der Waals surface area contributed by atoms with Crippen LogP contribution < -0.4 is 10.6 Å². The van der Waals surface area contributed by atoms with E-state index >= 15 is 0 Å². The number of hydrogen-bond donors (Lipinski definition) is 2. The Bertz CT molecular complexity index is 500. The standard InChI is InChI=1S/C18H31N5O/c1-19-17(20-13-18(6-7-18)14-2-3-14)23-10-8-22(9-11-23)12-16(24)21-15-4-5-15/h14-15H,2-13H2,1H3,(H,19,20)(H,21,24). The quantitative estimate of drug-likeness (QED) is 0.553. The molecule has 3 aliphatic carbocycles. The normalized spacial score (nSPS) is 27.0. The van der Waals surface area contributed by atoms with Crippen LogP contribution in [0.4, 0.5) is 0 Å². The molecule has 6 nitrogen and oxygen atoms in total. The molecule has 4 fully saturated rings. The number of aliphatic imine (C=N–C) groups is 1. The maximum atomic E-state index is 11.9. The Morgan fingerprint density at radius 3 is 2.38 bits per heavy atom. The second-order valence-electron chi connectivity index (χ2n) is 8.14. The summed E-state index contributed by atoms with van der Waals surface area (Å²) < 4.78 is 0. The Hall–Kier alpha value is -1.30. The van der Waals surface area contributed by atoms with Crippen molar-refractivity contribution >= 4 is 11.9 Å². The smallest absolute Gasteiger partial charge is 0.234 e. The fourth-order valence-electron chi connectivity index (χ4n) is 3.99. The van der Waals surface area contributed by atoms with E-state index in [0.717, 1.165) is 57.4 Å². The number of carbonyl (C=O) groups excluding carboxylic acids is 1. The van der Waals surface area contributed by atoms with E-state index in [1.807, 2.05) is 7.05 Å². The summed E-state index contributed by atoms with van der Waals surface area (Å²) >= 11 is 0. The van der Waals surface area contributed by atoms with Crippen molar-refractivity contribution < 1.29 is 4.79 Å². The summed E-state index contributed by atoms with van der Waals surface area (Å²) in [4.78, 5) is 21.0. The molecular formula is C18H31N5O. The van der Waals surface area contributed by atoms with Gasteiger partial charge in [0.2, 0.25) is 5.91 Å². The van der Waals surface area contributed by atoms with Crippen LogP contribution in [0.5, 0.6) is 0 Å². The van der Waals surface area contributed by atoms with Crippen molar-refractivity contribution in [3.63, 3.8) is 0 Å². The molecule has 4 aliphatic rings. The van der Waals surface area contributed by atoms with E-state index in [2.05, 4.69) is 25.4 Å². The van der Waals surface area contributed by atoms with Crippen molar-refractivity contribution in [3.05, 3.63) is 0 Å². The van der Waals surface area contributed by atoms with E-state index in [-0.39, 0.29) is 5.91 Å². The van der Waals surface area contributed by atoms with Gasteiger partial charge in [0.05, 0.1) is 6.54 Å². The molecule has 0 radical (unpaired) electrons. The molecular weight excluding hydrogens is 302 g/mol. The average Bonchev–Trinajstić information content (AvgIpc) is 3.43. The summed E-state index contributed by atoms with van der Waals surface area (Å²) in [6, 6.07) is 0.461. The minimum absolute atomic E-state index is 0.188. The molecule has 3 saturated carbocycles. The molecule has 0 atom stereocenters. The summed E-state index contributed by atoms with van der Waals surface area (Å²) in [6.45, 7) is 5.41. The first kappa shape index (κ1) is 16.2. The van der Waals surface area contributed by atoms with E-state index in [4.69, 9.17) is 0 Å². The van der Waals surface area contributed by atoms with Crippen LogP contribution in [0.2, 0.25) is 0 Å². The molecule has 0 aromatic heterocycles. The zero-order valence-electron chi connectivity index (χ0n) is 14.9. The van der Waals surface area contributed by atoms with Gasteiger partial charge in [-0.25, -0.2) is 0 Å². The van der Waals surface area contributed by atoms with Gasteiger partial charge >= 0.3 is 0 Å². The summed E-state index contributed by atoms with van der Waals surface area (Å²) in [7, 11) is 1.88. The predicted octanol–water partition coefficient (Wildman–Crippen LogP) is 0.648. The molecule has 6 heteroatoms. The second-order valence-corrected chi connectivity index (χ2v) is 8.14. The lowest BCUT2D eigenvalue weighted by molar-refractivity contribution is -0.122. The van der Waals surface area contributed by atoms with E-state index in [9.17, 15) is 4.79 Å². The zero-order valence-corrected chi connectivity index (χ0v) is 14.9. The van der Waals surface area contributed by atoms with Crippen LogP contribution in [-0.4, -0.2) is 74.0 Å². The Kier molecular flexibility index (Phi) is 4.41. The molecule has 2 N–H and O–H groups in total. The number of nitrogens with zero attached hydrogens (tertiary/aromatic N) is 3. The Morgan fingerprint density at radius 1 is 1.12 bits per heavy atom. The summed E-state index contributed by atoms with van der Waals surface area (Å²) in [5.41, 5.74) is 0.596. The van der Waals surface area contributed by atoms with Crippen LogP contribution in [0, 0.1) is 11.3 Å². The molecule has 0 bridgehead atoms. The minimum Gasteiger partial charge on any atom is -0.356 e. The summed E-state index contributed by atoms with van der Waals surface area (Å²) in [6.07, 6.45) is 7.97. The molecule has 1 saturated heterocycles. The maximum Gasteiger partial charge on any atom is 0.234 e. The van der Waals surface area contributed by atoms with Gasteiger partial charge in [0.15, 0.2) is 5.96 Å². The first-order chi connectivity index (χ1) is 11.7. The Labute approximate surface area is 145 Å². The van der Waals surface area contributed by atoms with Crippen LogP contribution in [0.3, 0.4) is 0 Å². The van der Waals surface area contributed by atoms with Gasteiger partial charge in [-0.1, -0.05) is 0 Å². The molecule has 0 aromatic rings. The van der Waals surface area contributed by atoms with E-state index in [1.165, 1.54) is 25.7 Å². The summed E-state index contributed by atoms with van der Waals surface area (Å²) in [5, 5.41) is 6.71. The van der Waals surface area contributed by atoms with E-state index in [0.29, 0.717) is 18.0 Å². The molecule has 1 amide bonds. The van der Waals surface area contributed by atoms with Crippen LogP contribution in [0.15, 0.2) is 4.99 Å². The first-order valence-electron chi connectivity index (χ1n) is 9.66. The van der Waals surface area contributed by atoms with Gasteiger partial charge in [-0.2, -0.15) is 0 Å². The number of rotatable bonds is 6. The van der Waals surface area contributed by atoms with Crippen molar-refractivity contribution in [2.45, 2.75) is 44.6 Å². The van der Waals surface area contributed by atoms with Crippen molar-refractivity contribution in [3.8, 4) is 0 Å². The minimum atomic E-state index is 0.188. The Balaban J connectivity index is 1.19. The zero-order chi connectivity index (χ0) is 16.6. The second kappa shape index (κ2) is 6.54. The maximum absolute atomic E-state index is 11.9. The van der Waals surface area contributed by atoms with E-state index in [1.54, 1.807) is 0 Å². The van der Waals surface area contributed by atoms with Crippen molar-refractivity contribution in [2.75, 3.05) is 46.3 Å². The van der Waals surface area contributed by atoms with Gasteiger partial charge in [0.25, 0.3) is 0 Å². The lowest BCUT2D eigenvalue weighted by atomic mass is 10.0. The Morgan fingerprint density at radius 2 is 1.83 bits per heavy atom. The van der Waals surface area contributed by atoms with Gasteiger partial charge in [-0.15, -0.1) is 0 Å². The molecule has 24 heavy (non-hydrogen) atoms. The van der Waals surface area contributed by atoms with Gasteiger partial charge in [0, 0.05) is 45.8 Å². The number of piperazine rings is 1. The largest absolute Gasteiger partial charge is 0.356 e. The third-order valence-electron chi connectivity index (χ3n) is 6.13. The van der Waals surface area contributed by atoms with E-state index < -0.39 is 0 Å². The van der Waals surface area contributed by atoms with Gasteiger partial charge < -0.3 is 15.5 Å². The van der Waals surface area contributed by atoms with Gasteiger partial charge in [0.1, 0.15) is 0 Å². The number of guanidine groups is 1. The third-order valence-corrected chi connectivity index (χ3v) is 6.13. The number of amides is 1. The molecule has 0 unspecified atom stereocenters. The fourth-order valence-corrected chi connectivity index (χ4v) is 3.99. The molecule has 4 rings (SSSR count). The predicted molar refractivity (Wildman–Crippen MR) is 94.9 cm³/mol. The lowest BCUT2D eigenvalue weighted by Crippen LogP contribution is -2.54. The highest BCUT2D eigenvalue weighted by Crippen LogP contribution is 2.60. The molecule has 0 aromatic carbocycles. The lowest BCUT2D eigenvalue weighted by Gasteiger charge is -2.36. The molecule has 1 heterocycles. The van der Waals surface area contributed by atoms with Crippen molar-refractivity contribution in [1.29, 1.82) is 0 Å². The van der Waals surface area contributed by atoms with Crippen molar-refractivity contribution in [1.82, 2.24) is 20.4 Å². The molecule has 0 spiro atoms. The number of hydrogen-bond acceptors (Lipinski definition) is 3. The first-order valence-corrected chi connectivity index (χ1v) is 9.66. The third kappa shape index (κ3) is 3.85. The molecule has 134 valence electrons. The molecule has 1 aliphatic heterocycles. The van der Waals surface area contributed by atoms with Crippen LogP contribution >= 0.6 is 0 Å². The van der Waals surface area contributed by atoms with Crippen LogP contribution in [0.1, 0.15) is 38.5 Å². The fraction of sp³-hybridized carbons (Fsp3) is 0.889. The SMILES string of the molecule is CN=C(NCC1(C2CC2)CC1)N1CCN(CC(=O)NC2CC2)CC1. The highest BCUT2D eigenvalue weighted by molar-refractivity contribution is 5.80. The van der Waals surface area contributed by atoms with Gasteiger partial charge in [-0.05, 0) is 49.9 Å². The highest BCUT2D eigenvalue weighted by atomic mass is 16.2. The van der Waals surface area contributed by atoms with Crippen LogP contribution in [0.25, 0.3) is 0 Å². The monoisotopic (exact) mass is 333 g/mol. The summed E-state index contributed by atoms with van der Waals surface area (Å²) in [5.74, 6) is 2.21.